The minimum Gasteiger partial charge on any atom is -0.481 e. The lowest BCUT2D eigenvalue weighted by atomic mass is 9.48. The zero-order valence-electron chi connectivity index (χ0n) is 20.3. The van der Waals surface area contributed by atoms with E-state index in [0.717, 1.165) is 64.7 Å². The van der Waals surface area contributed by atoms with Gasteiger partial charge in [-0.2, -0.15) is 0 Å². The number of hydrogen-bond acceptors (Lipinski definition) is 4. The molecule has 1 amide bonds. The number of carbonyl (C=O) groups is 2. The van der Waals surface area contributed by atoms with Crippen molar-refractivity contribution in [1.29, 1.82) is 0 Å². The van der Waals surface area contributed by atoms with Gasteiger partial charge in [-0.15, -0.1) is 0 Å². The summed E-state index contributed by atoms with van der Waals surface area (Å²) in [7, 11) is 0. The highest BCUT2D eigenvalue weighted by atomic mass is 16.4. The fourth-order valence-electron chi connectivity index (χ4n) is 7.55. The maximum atomic E-state index is 13.6. The van der Waals surface area contributed by atoms with E-state index in [1.54, 1.807) is 0 Å². The molecule has 6 heteroatoms. The third kappa shape index (κ3) is 4.05. The number of carbonyl (C=O) groups excluding carboxylic acids is 1. The number of amides is 1. The molecule has 4 aliphatic carbocycles. The maximum Gasteiger partial charge on any atom is 0.309 e. The SMILES string of the molecule is Cc1cccc(N2CCCN(C(C)(C)C(=O)NC3[C@@H]4CC5C[C@H]3CC(C(=O)O)(C5)C4)CC2)c1. The molecule has 1 aromatic carbocycles. The van der Waals surface area contributed by atoms with Gasteiger partial charge in [0.05, 0.1) is 11.0 Å². The molecule has 5 aliphatic rings. The number of nitrogens with one attached hydrogen (secondary N) is 1. The molecule has 6 rings (SSSR count). The van der Waals surface area contributed by atoms with Gasteiger partial charge >= 0.3 is 5.97 Å². The molecule has 1 aliphatic heterocycles. The van der Waals surface area contributed by atoms with Crippen LogP contribution >= 0.6 is 0 Å². The fraction of sp³-hybridized carbons (Fsp3) is 0.704. The first-order valence-electron chi connectivity index (χ1n) is 12.8. The van der Waals surface area contributed by atoms with Crippen LogP contribution in [-0.4, -0.2) is 59.6 Å². The fourth-order valence-corrected chi connectivity index (χ4v) is 7.55. The Bertz CT molecular complexity index is 913. The third-order valence-corrected chi connectivity index (χ3v) is 9.23. The van der Waals surface area contributed by atoms with Crippen LogP contribution < -0.4 is 10.2 Å². The Morgan fingerprint density at radius 1 is 1.06 bits per heavy atom. The van der Waals surface area contributed by atoms with Crippen LogP contribution in [0.4, 0.5) is 5.69 Å². The number of aryl methyl sites for hydroxylation is 1. The van der Waals surface area contributed by atoms with Crippen molar-refractivity contribution in [3.05, 3.63) is 29.8 Å². The van der Waals surface area contributed by atoms with E-state index in [9.17, 15) is 14.7 Å². The Balaban J connectivity index is 1.24. The van der Waals surface area contributed by atoms with E-state index in [1.807, 2.05) is 0 Å². The standard InChI is InChI=1S/C27H39N3O3/c1-18-6-4-7-22(12-18)29-8-5-9-30(11-10-29)26(2,3)24(31)28-23-20-13-19-14-21(23)17-27(15-19,16-20)25(32)33/h4,6-7,12,19-21,23H,5,8-11,13-17H2,1-3H3,(H,28,31)(H,32,33)/t19?,20-,21+,23?,27?. The summed E-state index contributed by atoms with van der Waals surface area (Å²) in [6, 6.07) is 8.80. The quantitative estimate of drug-likeness (QED) is 0.712. The molecule has 180 valence electrons. The molecule has 1 heterocycles. The van der Waals surface area contributed by atoms with Gasteiger partial charge < -0.3 is 15.3 Å². The normalized spacial score (nSPS) is 34.2. The number of benzene rings is 1. The number of carboxylic acids is 1. The minimum absolute atomic E-state index is 0.105. The average molecular weight is 454 g/mol. The zero-order chi connectivity index (χ0) is 23.4. The molecular weight excluding hydrogens is 414 g/mol. The van der Waals surface area contributed by atoms with Gasteiger partial charge in [0.15, 0.2) is 0 Å². The highest BCUT2D eigenvalue weighted by Gasteiger charge is 2.59. The summed E-state index contributed by atoms with van der Waals surface area (Å²) in [5.41, 5.74) is 1.42. The van der Waals surface area contributed by atoms with E-state index < -0.39 is 16.9 Å². The molecule has 3 unspecified atom stereocenters. The van der Waals surface area contributed by atoms with Gasteiger partial charge in [0.1, 0.15) is 0 Å². The summed E-state index contributed by atoms with van der Waals surface area (Å²) in [6.45, 7) is 9.92. The van der Waals surface area contributed by atoms with Crippen molar-refractivity contribution in [2.75, 3.05) is 31.1 Å². The smallest absolute Gasteiger partial charge is 0.309 e. The number of hydrogen-bond donors (Lipinski definition) is 2. The second kappa shape index (κ2) is 8.30. The monoisotopic (exact) mass is 453 g/mol. The van der Waals surface area contributed by atoms with Crippen molar-refractivity contribution >= 4 is 17.6 Å². The zero-order valence-corrected chi connectivity index (χ0v) is 20.3. The maximum absolute atomic E-state index is 13.6. The topological polar surface area (TPSA) is 72.9 Å². The number of nitrogens with zero attached hydrogens (tertiary/aromatic N) is 2. The first kappa shape index (κ1) is 22.7. The summed E-state index contributed by atoms with van der Waals surface area (Å²) in [5.74, 6) is 0.641. The highest BCUT2D eigenvalue weighted by Crippen LogP contribution is 2.60. The number of anilines is 1. The van der Waals surface area contributed by atoms with Crippen LogP contribution in [0.25, 0.3) is 0 Å². The molecule has 1 aromatic rings. The van der Waals surface area contributed by atoms with Crippen molar-refractivity contribution in [2.24, 2.45) is 23.2 Å². The van der Waals surface area contributed by atoms with E-state index >= 15 is 0 Å². The Kier molecular flexibility index (Phi) is 5.71. The molecule has 0 radical (unpaired) electrons. The van der Waals surface area contributed by atoms with E-state index in [1.165, 1.54) is 11.3 Å². The van der Waals surface area contributed by atoms with Crippen molar-refractivity contribution < 1.29 is 14.7 Å². The van der Waals surface area contributed by atoms with Crippen molar-refractivity contribution in [2.45, 2.75) is 70.9 Å². The first-order valence-corrected chi connectivity index (χ1v) is 12.8. The van der Waals surface area contributed by atoms with Gasteiger partial charge in [0, 0.05) is 37.9 Å². The predicted molar refractivity (Wildman–Crippen MR) is 129 cm³/mol. The molecule has 5 fully saturated rings. The summed E-state index contributed by atoms with van der Waals surface area (Å²) in [4.78, 5) is 30.4. The Morgan fingerprint density at radius 2 is 1.79 bits per heavy atom. The molecule has 6 nitrogen and oxygen atoms in total. The largest absolute Gasteiger partial charge is 0.481 e. The molecular formula is C27H39N3O3. The van der Waals surface area contributed by atoms with E-state index in [4.69, 9.17) is 0 Å². The van der Waals surface area contributed by atoms with Crippen LogP contribution in [0.15, 0.2) is 24.3 Å². The van der Waals surface area contributed by atoms with Crippen LogP contribution in [0.5, 0.6) is 0 Å². The molecule has 0 aromatic heterocycles. The minimum atomic E-state index is -0.616. The van der Waals surface area contributed by atoms with Crippen LogP contribution in [0.3, 0.4) is 0 Å². The second-order valence-corrected chi connectivity index (χ2v) is 11.8. The molecule has 2 N–H and O–H groups in total. The van der Waals surface area contributed by atoms with Gasteiger partial charge in [-0.25, -0.2) is 0 Å². The number of aliphatic carboxylic acids is 1. The second-order valence-electron chi connectivity index (χ2n) is 11.8. The van der Waals surface area contributed by atoms with Crippen molar-refractivity contribution in [3.63, 3.8) is 0 Å². The highest BCUT2D eigenvalue weighted by molar-refractivity contribution is 5.86. The van der Waals surface area contributed by atoms with E-state index in [-0.39, 0.29) is 11.9 Å². The van der Waals surface area contributed by atoms with E-state index in [0.29, 0.717) is 17.8 Å². The first-order chi connectivity index (χ1) is 15.7. The Labute approximate surface area is 197 Å². The van der Waals surface area contributed by atoms with Gasteiger partial charge in [0.25, 0.3) is 0 Å². The third-order valence-electron chi connectivity index (χ3n) is 9.23. The summed E-state index contributed by atoms with van der Waals surface area (Å²) in [5, 5.41) is 13.3. The Morgan fingerprint density at radius 3 is 2.45 bits per heavy atom. The van der Waals surface area contributed by atoms with Crippen LogP contribution in [0.1, 0.15) is 57.9 Å². The molecule has 1 saturated heterocycles. The number of carboxylic acid groups (broad SMARTS) is 1. The number of rotatable bonds is 5. The van der Waals surface area contributed by atoms with Gasteiger partial charge in [-0.05, 0) is 94.7 Å². The molecule has 0 spiro atoms. The predicted octanol–water partition coefficient (Wildman–Crippen LogP) is 3.68. The molecule has 4 saturated carbocycles. The van der Waals surface area contributed by atoms with Crippen molar-refractivity contribution in [3.8, 4) is 0 Å². The van der Waals surface area contributed by atoms with E-state index in [2.05, 4.69) is 60.2 Å². The van der Waals surface area contributed by atoms with Crippen LogP contribution in [-0.2, 0) is 9.59 Å². The van der Waals surface area contributed by atoms with Gasteiger partial charge in [0.2, 0.25) is 5.91 Å². The van der Waals surface area contributed by atoms with Gasteiger partial charge in [-0.3, -0.25) is 14.5 Å². The Hall–Kier alpha value is -2.08. The molecule has 5 atom stereocenters. The lowest BCUT2D eigenvalue weighted by Gasteiger charge is -2.58. The summed E-state index contributed by atoms with van der Waals surface area (Å²) < 4.78 is 0. The van der Waals surface area contributed by atoms with Crippen LogP contribution in [0.2, 0.25) is 0 Å². The lowest BCUT2D eigenvalue weighted by Crippen LogP contribution is -2.64. The lowest BCUT2D eigenvalue weighted by molar-refractivity contribution is -0.168. The molecule has 33 heavy (non-hydrogen) atoms. The van der Waals surface area contributed by atoms with Crippen molar-refractivity contribution in [1.82, 2.24) is 10.2 Å². The average Bonchev–Trinajstić information content (AvgIpc) is 3.02. The summed E-state index contributed by atoms with van der Waals surface area (Å²) in [6.07, 6.45) is 5.48. The van der Waals surface area contributed by atoms with Gasteiger partial charge in [-0.1, -0.05) is 12.1 Å². The van der Waals surface area contributed by atoms with Crippen LogP contribution in [0, 0.1) is 30.1 Å². The summed E-state index contributed by atoms with van der Waals surface area (Å²) >= 11 is 0. The molecule has 4 bridgehead atoms.